The number of nitrogen functional groups attached to an aromatic ring is 2. The number of hydrogen-bond acceptors (Lipinski definition) is 5. The van der Waals surface area contributed by atoms with Gasteiger partial charge in [-0.05, 0) is 36.4 Å². The molecule has 0 amide bonds. The summed E-state index contributed by atoms with van der Waals surface area (Å²) >= 11 is 0. The number of carboxylic acids is 1. The van der Waals surface area contributed by atoms with Crippen molar-refractivity contribution in [1.29, 1.82) is 0 Å². The van der Waals surface area contributed by atoms with Gasteiger partial charge in [0.05, 0.1) is 12.1 Å². The fourth-order valence-corrected chi connectivity index (χ4v) is 4.00. The van der Waals surface area contributed by atoms with E-state index in [-0.39, 0.29) is 11.3 Å². The van der Waals surface area contributed by atoms with Gasteiger partial charge in [0.25, 0.3) is 0 Å². The molecule has 0 saturated heterocycles. The van der Waals surface area contributed by atoms with Crippen molar-refractivity contribution in [1.82, 2.24) is 0 Å². The molecule has 0 aliphatic rings. The van der Waals surface area contributed by atoms with E-state index in [1.54, 1.807) is 30.3 Å². The summed E-state index contributed by atoms with van der Waals surface area (Å²) in [6.45, 7) is 7.18. The normalized spacial score (nSPS) is 10.9. The van der Waals surface area contributed by atoms with Gasteiger partial charge < -0.3 is 25.4 Å². The molecule has 4 aromatic carbocycles. The number of rotatable bonds is 1. The number of aromatic carboxylic acids is 1. The molecular formula is C26H17N3O4. The SMILES string of the molecule is Nc1ccc2oc3ccccc3c2c1C(=O)O.[C-]#[N+]c1c(N)ccc2oc3ccccc3c12. The summed E-state index contributed by atoms with van der Waals surface area (Å²) < 4.78 is 11.2. The van der Waals surface area contributed by atoms with Crippen LogP contribution in [0.4, 0.5) is 17.1 Å². The number of carboxylic acid groups (broad SMARTS) is 1. The Bertz CT molecular complexity index is 1740. The average Bonchev–Trinajstić information content (AvgIpc) is 3.38. The van der Waals surface area contributed by atoms with E-state index in [2.05, 4.69) is 4.85 Å². The molecule has 0 radical (unpaired) electrons. The van der Waals surface area contributed by atoms with Crippen LogP contribution in [0.1, 0.15) is 10.4 Å². The molecule has 0 fully saturated rings. The van der Waals surface area contributed by atoms with Crippen LogP contribution in [0.5, 0.6) is 0 Å². The molecule has 0 spiro atoms. The molecule has 5 N–H and O–H groups in total. The molecule has 7 nitrogen and oxygen atoms in total. The van der Waals surface area contributed by atoms with Crippen molar-refractivity contribution in [2.24, 2.45) is 0 Å². The van der Waals surface area contributed by atoms with Crippen molar-refractivity contribution >= 4 is 66.9 Å². The van der Waals surface area contributed by atoms with E-state index in [4.69, 9.17) is 26.9 Å². The molecule has 0 bridgehead atoms. The summed E-state index contributed by atoms with van der Waals surface area (Å²) in [5.74, 6) is -1.04. The minimum Gasteiger partial charge on any atom is -0.478 e. The van der Waals surface area contributed by atoms with Gasteiger partial charge in [-0.25, -0.2) is 9.64 Å². The van der Waals surface area contributed by atoms with E-state index in [9.17, 15) is 9.90 Å². The first kappa shape index (κ1) is 20.0. The van der Waals surface area contributed by atoms with Crippen LogP contribution in [0.3, 0.4) is 0 Å². The fourth-order valence-electron chi connectivity index (χ4n) is 4.00. The van der Waals surface area contributed by atoms with Crippen LogP contribution in [0.15, 0.2) is 81.6 Å². The van der Waals surface area contributed by atoms with E-state index in [1.807, 2.05) is 42.5 Å². The van der Waals surface area contributed by atoms with Crippen molar-refractivity contribution in [3.8, 4) is 0 Å². The highest BCUT2D eigenvalue weighted by Crippen LogP contribution is 2.39. The molecular weight excluding hydrogens is 418 g/mol. The van der Waals surface area contributed by atoms with E-state index < -0.39 is 5.97 Å². The molecule has 2 heterocycles. The number of carbonyl (C=O) groups is 1. The molecule has 0 unspecified atom stereocenters. The number of hydrogen-bond donors (Lipinski definition) is 3. The zero-order valence-electron chi connectivity index (χ0n) is 17.2. The second kappa shape index (κ2) is 7.62. The molecule has 2 aromatic heterocycles. The van der Waals surface area contributed by atoms with E-state index >= 15 is 0 Å². The molecule has 160 valence electrons. The lowest BCUT2D eigenvalue weighted by atomic mass is 10.0. The smallest absolute Gasteiger partial charge is 0.338 e. The molecule has 6 aromatic rings. The molecule has 0 saturated carbocycles. The molecule has 0 aliphatic carbocycles. The van der Waals surface area contributed by atoms with E-state index in [0.29, 0.717) is 33.5 Å². The van der Waals surface area contributed by atoms with Crippen LogP contribution in [-0.2, 0) is 0 Å². The van der Waals surface area contributed by atoms with Crippen molar-refractivity contribution < 1.29 is 18.7 Å². The van der Waals surface area contributed by atoms with Crippen LogP contribution in [0, 0.1) is 6.57 Å². The Balaban J connectivity index is 0.000000139. The van der Waals surface area contributed by atoms with Crippen molar-refractivity contribution in [2.45, 2.75) is 0 Å². The van der Waals surface area contributed by atoms with Gasteiger partial charge in [-0.2, -0.15) is 0 Å². The Morgan fingerprint density at radius 3 is 1.82 bits per heavy atom. The second-order valence-electron chi connectivity index (χ2n) is 7.39. The van der Waals surface area contributed by atoms with Gasteiger partial charge in [0.15, 0.2) is 0 Å². The maximum atomic E-state index is 11.3. The lowest BCUT2D eigenvalue weighted by Crippen LogP contribution is -2.02. The first-order valence-electron chi connectivity index (χ1n) is 9.99. The topological polar surface area (TPSA) is 120 Å². The van der Waals surface area contributed by atoms with Gasteiger partial charge in [-0.3, -0.25) is 0 Å². The highest BCUT2D eigenvalue weighted by molar-refractivity contribution is 6.17. The van der Waals surface area contributed by atoms with E-state index in [1.165, 1.54) is 0 Å². The largest absolute Gasteiger partial charge is 0.478 e. The summed E-state index contributed by atoms with van der Waals surface area (Å²) in [5.41, 5.74) is 15.5. The Kier molecular flexibility index (Phi) is 4.61. The Hall–Kier alpha value is -4.96. The zero-order chi connectivity index (χ0) is 23.1. The van der Waals surface area contributed by atoms with Crippen LogP contribution in [0.2, 0.25) is 0 Å². The van der Waals surface area contributed by atoms with Gasteiger partial charge in [-0.1, -0.05) is 36.4 Å². The minimum atomic E-state index is -1.04. The van der Waals surface area contributed by atoms with Gasteiger partial charge in [0.1, 0.15) is 22.3 Å². The summed E-state index contributed by atoms with van der Waals surface area (Å²) in [5, 5.41) is 12.3. The third kappa shape index (κ3) is 3.18. The summed E-state index contributed by atoms with van der Waals surface area (Å²) in [4.78, 5) is 14.7. The highest BCUT2D eigenvalue weighted by Gasteiger charge is 2.18. The first-order chi connectivity index (χ1) is 16.0. The van der Waals surface area contributed by atoms with Crippen molar-refractivity contribution in [2.75, 3.05) is 11.5 Å². The molecule has 6 rings (SSSR count). The maximum absolute atomic E-state index is 11.3. The van der Waals surface area contributed by atoms with Gasteiger partial charge in [0, 0.05) is 32.9 Å². The van der Waals surface area contributed by atoms with E-state index in [0.717, 1.165) is 21.7 Å². The third-order valence-corrected chi connectivity index (χ3v) is 5.45. The number of furan rings is 2. The van der Waals surface area contributed by atoms with Gasteiger partial charge in [0.2, 0.25) is 5.69 Å². The number of para-hydroxylation sites is 2. The van der Waals surface area contributed by atoms with Crippen LogP contribution in [0.25, 0.3) is 48.7 Å². The average molecular weight is 435 g/mol. The predicted molar refractivity (Wildman–Crippen MR) is 129 cm³/mol. The summed E-state index contributed by atoms with van der Waals surface area (Å²) in [6, 6.07) is 21.7. The van der Waals surface area contributed by atoms with Crippen molar-refractivity contribution in [3.05, 3.63) is 89.8 Å². The van der Waals surface area contributed by atoms with Crippen LogP contribution < -0.4 is 11.5 Å². The van der Waals surface area contributed by atoms with Crippen molar-refractivity contribution in [3.63, 3.8) is 0 Å². The summed E-state index contributed by atoms with van der Waals surface area (Å²) in [6.07, 6.45) is 0. The monoisotopic (exact) mass is 435 g/mol. The number of fused-ring (bicyclic) bond motifs is 6. The Labute approximate surface area is 187 Å². The fraction of sp³-hybridized carbons (Fsp3) is 0. The predicted octanol–water partition coefficient (Wildman–Crippen LogP) is 6.59. The lowest BCUT2D eigenvalue weighted by molar-refractivity contribution is 0.0700. The quantitative estimate of drug-likeness (QED) is 0.198. The maximum Gasteiger partial charge on any atom is 0.338 e. The minimum absolute atomic E-state index is 0.104. The molecule has 0 atom stereocenters. The second-order valence-corrected chi connectivity index (χ2v) is 7.39. The molecule has 33 heavy (non-hydrogen) atoms. The molecule has 7 heteroatoms. The number of nitrogens with two attached hydrogens (primary N) is 2. The van der Waals surface area contributed by atoms with Gasteiger partial charge >= 0.3 is 5.97 Å². The standard InChI is InChI=1S/C13H8N2O.C13H9NO3/c1-15-13-9(14)6-7-11-12(13)8-4-2-3-5-10(8)16-11;14-8-5-6-10-11(12(8)13(15)16)7-3-1-2-4-9(7)17-10/h2-7H,14H2;1-6H,14H2,(H,15,16). The number of anilines is 2. The van der Waals surface area contributed by atoms with Crippen LogP contribution in [-0.4, -0.2) is 11.1 Å². The zero-order valence-corrected chi connectivity index (χ0v) is 17.2. The highest BCUT2D eigenvalue weighted by atomic mass is 16.4. The van der Waals surface area contributed by atoms with Crippen LogP contribution >= 0.6 is 0 Å². The third-order valence-electron chi connectivity index (χ3n) is 5.45. The summed E-state index contributed by atoms with van der Waals surface area (Å²) in [7, 11) is 0. The number of nitrogens with zero attached hydrogens (tertiary/aromatic N) is 1. The Morgan fingerprint density at radius 2 is 1.24 bits per heavy atom. The van der Waals surface area contributed by atoms with Gasteiger partial charge in [-0.15, -0.1) is 0 Å². The molecule has 0 aliphatic heterocycles. The lowest BCUT2D eigenvalue weighted by Gasteiger charge is -2.01. The number of benzene rings is 4. The Morgan fingerprint density at radius 1 is 0.727 bits per heavy atom. The first-order valence-corrected chi connectivity index (χ1v) is 9.99.